The number of amides is 5. The Kier molecular flexibility index (Phi) is 55.4. The summed E-state index contributed by atoms with van der Waals surface area (Å²) in [6.07, 6.45) is 32.7. The molecule has 0 radical (unpaired) electrons. The maximum atomic E-state index is 13.5. The van der Waals surface area contributed by atoms with E-state index in [9.17, 15) is 43.2 Å². The van der Waals surface area contributed by atoms with Gasteiger partial charge in [0.1, 0.15) is 13.2 Å². The number of primary amides is 1. The first-order valence-corrected chi connectivity index (χ1v) is 35.4. The average molecular weight is 1310 g/mol. The topological polar surface area (TPSA) is 284 Å². The molecular weight excluding hydrogens is 1190 g/mol. The van der Waals surface area contributed by atoms with Gasteiger partial charge in [0, 0.05) is 77.8 Å². The number of nitrogens with zero attached hydrogens (tertiary/aromatic N) is 1. The van der Waals surface area contributed by atoms with Crippen molar-refractivity contribution in [3.05, 3.63) is 48.0 Å². The quantitative estimate of drug-likeness (QED) is 0.0268. The highest BCUT2D eigenvalue weighted by Gasteiger charge is 2.26. The zero-order chi connectivity index (χ0) is 68.2. The zero-order valence-electron chi connectivity index (χ0n) is 57.9. The van der Waals surface area contributed by atoms with E-state index in [2.05, 4.69) is 29.8 Å². The molecule has 0 spiro atoms. The molecule has 0 heterocycles. The summed E-state index contributed by atoms with van der Waals surface area (Å²) in [6.45, 7) is 9.87. The van der Waals surface area contributed by atoms with Crippen molar-refractivity contribution in [1.29, 1.82) is 0 Å². The number of allylic oxidation sites excluding steroid dienone is 1. The highest BCUT2D eigenvalue weighted by atomic mass is 16.5. The second-order valence-corrected chi connectivity index (χ2v) is 24.5. The number of nitrogens with one attached hydrogen (secondary N) is 3. The largest absolute Gasteiger partial charge is 0.461 e. The lowest BCUT2D eigenvalue weighted by Crippen LogP contribution is -2.48. The summed E-state index contributed by atoms with van der Waals surface area (Å²) in [5.74, 6) is -5.61. The number of carbonyl (C=O) groups is 9. The molecule has 0 bridgehead atoms. The monoisotopic (exact) mass is 1310 g/mol. The van der Waals surface area contributed by atoms with Crippen LogP contribution < -0.4 is 21.7 Å². The highest BCUT2D eigenvalue weighted by molar-refractivity contribution is 6.01. The Morgan fingerprint density at radius 1 is 0.527 bits per heavy atom. The fourth-order valence-electron chi connectivity index (χ4n) is 10.0. The van der Waals surface area contributed by atoms with Crippen LogP contribution in [0, 0.1) is 5.92 Å². The molecule has 0 aromatic heterocycles. The van der Waals surface area contributed by atoms with Crippen molar-refractivity contribution < 1.29 is 76.3 Å². The molecule has 1 aromatic carbocycles. The van der Waals surface area contributed by atoms with Crippen LogP contribution in [0.4, 0.5) is 0 Å². The first kappa shape index (κ1) is 85.6. The van der Waals surface area contributed by atoms with Gasteiger partial charge in [0.15, 0.2) is 17.3 Å². The maximum Gasteiger partial charge on any atom is 0.306 e. The maximum absolute atomic E-state index is 13.5. The number of Topliss-reactive ketones (excluding diaryl/α,β-unsaturated/α-hetero) is 2. The van der Waals surface area contributed by atoms with Crippen molar-refractivity contribution in [3.8, 4) is 0 Å². The summed E-state index contributed by atoms with van der Waals surface area (Å²) in [7, 11) is 1.58. The summed E-state index contributed by atoms with van der Waals surface area (Å²) in [4.78, 5) is 116. The van der Waals surface area contributed by atoms with Crippen LogP contribution in [0.2, 0.25) is 0 Å². The van der Waals surface area contributed by atoms with Crippen molar-refractivity contribution in [2.75, 3.05) is 92.8 Å². The number of rotatable bonds is 66. The Labute approximate surface area is 558 Å². The fourth-order valence-corrected chi connectivity index (χ4v) is 10.0. The number of benzene rings is 1. The van der Waals surface area contributed by atoms with Crippen molar-refractivity contribution in [2.24, 2.45) is 11.7 Å². The lowest BCUT2D eigenvalue weighted by atomic mass is 10.0. The molecule has 1 unspecified atom stereocenters. The van der Waals surface area contributed by atoms with Crippen LogP contribution in [-0.4, -0.2) is 169 Å². The molecule has 0 saturated carbocycles. The van der Waals surface area contributed by atoms with Gasteiger partial charge in [-0.2, -0.15) is 0 Å². The molecule has 5 amide bonds. The van der Waals surface area contributed by atoms with Crippen molar-refractivity contribution in [1.82, 2.24) is 20.9 Å². The molecule has 0 fully saturated rings. The Balaban J connectivity index is 2.60. The molecule has 0 aliphatic rings. The molecule has 5 N–H and O–H groups in total. The number of hydrogen-bond donors (Lipinski definition) is 4. The van der Waals surface area contributed by atoms with Gasteiger partial charge in [-0.05, 0) is 50.7 Å². The van der Waals surface area contributed by atoms with E-state index in [1.54, 1.807) is 19.2 Å². The van der Waals surface area contributed by atoms with Crippen LogP contribution in [0.5, 0.6) is 0 Å². The number of unbranched alkanes of at least 4 members (excludes halogenated alkanes) is 22. The minimum absolute atomic E-state index is 0.0149. The number of ketones is 3. The molecule has 0 saturated heterocycles. The van der Waals surface area contributed by atoms with Crippen LogP contribution in [0.25, 0.3) is 0 Å². The number of hydrogen-bond acceptors (Lipinski definition) is 16. The van der Waals surface area contributed by atoms with E-state index >= 15 is 0 Å². The zero-order valence-corrected chi connectivity index (χ0v) is 57.9. The molecule has 0 aliphatic heterocycles. The Hall–Kier alpha value is -5.45. The number of carbonyl (C=O) groups excluding carboxylic acids is 9. The van der Waals surface area contributed by atoms with Crippen LogP contribution in [0.15, 0.2) is 42.5 Å². The Bertz CT molecular complexity index is 2170. The third kappa shape index (κ3) is 51.6. The number of ether oxygens (including phenoxy) is 7. The van der Waals surface area contributed by atoms with E-state index in [1.807, 2.05) is 18.2 Å². The van der Waals surface area contributed by atoms with Crippen LogP contribution in [0.1, 0.15) is 239 Å². The summed E-state index contributed by atoms with van der Waals surface area (Å²) in [5.41, 5.74) is 6.13. The predicted molar refractivity (Wildman–Crippen MR) is 362 cm³/mol. The standard InChI is InChI=1S/C72H123N5O16/c1-6-8-10-12-14-16-18-20-22-24-26-31-44-91-58-63(92-47-32-27-25-23-21-19-17-15-13-11-9-7-2)54-74-68(82)41-40-64(65(79)38-34-46-88-50-49-87-5)76-69(83)43-48-90-52-51-89-45-33-37-62(78)39-42-70(84)77(56-67(73)81)55-66(80)60(4)75-72(86)59(3)53-71(85)93-57-61-35-29-28-30-36-61/h28-30,35-36,39,42,59-60,63-64H,6-27,31-34,37-38,40-41,43-58H2,1-5H3,(H2,73,81)(H,74,82)(H,75,86)(H,76,83)/b42-39+/t59-,60+,63?,64+/m1/s1. The minimum Gasteiger partial charge on any atom is -0.461 e. The van der Waals surface area contributed by atoms with E-state index in [1.165, 1.54) is 142 Å². The molecule has 4 atom stereocenters. The second-order valence-electron chi connectivity index (χ2n) is 24.5. The van der Waals surface area contributed by atoms with Crippen LogP contribution >= 0.6 is 0 Å². The highest BCUT2D eigenvalue weighted by Crippen LogP contribution is 2.15. The van der Waals surface area contributed by atoms with Crippen LogP contribution in [-0.2, 0) is 82.9 Å². The Morgan fingerprint density at radius 2 is 1.05 bits per heavy atom. The smallest absolute Gasteiger partial charge is 0.306 e. The molecule has 1 aromatic rings. The predicted octanol–water partition coefficient (Wildman–Crippen LogP) is 10.7. The first-order valence-electron chi connectivity index (χ1n) is 35.4. The molecule has 21 nitrogen and oxygen atoms in total. The van der Waals surface area contributed by atoms with Gasteiger partial charge >= 0.3 is 5.97 Å². The molecule has 532 valence electrons. The SMILES string of the molecule is CCCCCCCCCCCCCCOCC(CNC(=O)CC[C@H](NC(=O)CCOCCOCCCC(=O)/C=C/C(=O)N(CC(N)=O)CC(=O)[C@H](C)NC(=O)[C@H](C)CC(=O)OCc1ccccc1)C(=O)CCCOCCOC)OCCCCCCCCCCCCCC. The number of nitrogens with two attached hydrogens (primary N) is 1. The van der Waals surface area contributed by atoms with Gasteiger partial charge in [0.05, 0.1) is 70.8 Å². The van der Waals surface area contributed by atoms with Gasteiger partial charge in [0.25, 0.3) is 0 Å². The van der Waals surface area contributed by atoms with Gasteiger partial charge < -0.3 is 59.7 Å². The van der Waals surface area contributed by atoms with Crippen LogP contribution in [0.3, 0.4) is 0 Å². The summed E-state index contributed by atoms with van der Waals surface area (Å²) in [5, 5.41) is 8.35. The molecular formula is C72H123N5O16. The minimum atomic E-state index is -1.09. The molecule has 21 heteroatoms. The van der Waals surface area contributed by atoms with Crippen molar-refractivity contribution in [3.63, 3.8) is 0 Å². The van der Waals surface area contributed by atoms with Gasteiger partial charge in [-0.15, -0.1) is 0 Å². The summed E-state index contributed by atoms with van der Waals surface area (Å²) >= 11 is 0. The summed E-state index contributed by atoms with van der Waals surface area (Å²) < 4.78 is 39.4. The van der Waals surface area contributed by atoms with Gasteiger partial charge in [-0.3, -0.25) is 43.2 Å². The van der Waals surface area contributed by atoms with Gasteiger partial charge in [-0.25, -0.2) is 0 Å². The van der Waals surface area contributed by atoms with Crippen molar-refractivity contribution in [2.45, 2.75) is 258 Å². The van der Waals surface area contributed by atoms with E-state index in [0.29, 0.717) is 52.5 Å². The Morgan fingerprint density at radius 3 is 1.62 bits per heavy atom. The third-order valence-electron chi connectivity index (χ3n) is 15.8. The lowest BCUT2D eigenvalue weighted by Gasteiger charge is -2.22. The number of methoxy groups -OCH3 is 1. The lowest BCUT2D eigenvalue weighted by molar-refractivity contribution is -0.148. The normalized spacial score (nSPS) is 12.7. The van der Waals surface area contributed by atoms with Gasteiger partial charge in [-0.1, -0.05) is 192 Å². The molecule has 0 aliphatic carbocycles. The third-order valence-corrected chi connectivity index (χ3v) is 15.8. The van der Waals surface area contributed by atoms with Gasteiger partial charge in [0.2, 0.25) is 29.5 Å². The first-order chi connectivity index (χ1) is 45.1. The average Bonchev–Trinajstić information content (AvgIpc) is 2.49. The summed E-state index contributed by atoms with van der Waals surface area (Å²) in [6, 6.07) is 7.07. The van der Waals surface area contributed by atoms with E-state index in [4.69, 9.17) is 38.9 Å². The van der Waals surface area contributed by atoms with E-state index in [0.717, 1.165) is 48.3 Å². The van der Waals surface area contributed by atoms with E-state index < -0.39 is 72.3 Å². The number of esters is 1. The molecule has 93 heavy (non-hydrogen) atoms. The van der Waals surface area contributed by atoms with Crippen molar-refractivity contribution >= 4 is 52.9 Å². The molecule has 1 rings (SSSR count). The fraction of sp³-hybridized carbons (Fsp3) is 0.764. The second kappa shape index (κ2) is 60.2. The van der Waals surface area contributed by atoms with E-state index in [-0.39, 0.29) is 95.9 Å².